The van der Waals surface area contributed by atoms with Crippen molar-refractivity contribution >= 4 is 23.2 Å². The van der Waals surface area contributed by atoms with E-state index in [1.54, 1.807) is 18.2 Å². The second-order valence-electron chi connectivity index (χ2n) is 5.73. The molecule has 0 aliphatic heterocycles. The SMILES string of the molecule is CC(C)n1cc(CNCC(O)c2ccc(Cl)cc2Cl)c(=O)[nH]c1=O. The van der Waals surface area contributed by atoms with Crippen LogP contribution in [0, 0.1) is 0 Å². The lowest BCUT2D eigenvalue weighted by Gasteiger charge is -2.15. The minimum atomic E-state index is -0.843. The molecule has 1 unspecified atom stereocenters. The Labute approximate surface area is 149 Å². The van der Waals surface area contributed by atoms with Gasteiger partial charge in [0.25, 0.3) is 5.56 Å². The standard InChI is InChI=1S/C16H19Cl2N3O3/c1-9(2)21-8-10(15(23)20-16(21)24)6-19-7-14(22)12-4-3-11(17)5-13(12)18/h3-5,8-9,14,19,22H,6-7H2,1-2H3,(H,20,23,24). The lowest BCUT2D eigenvalue weighted by molar-refractivity contribution is 0.174. The van der Waals surface area contributed by atoms with Crippen LogP contribution in [-0.4, -0.2) is 21.2 Å². The van der Waals surface area contributed by atoms with Gasteiger partial charge in [-0.1, -0.05) is 29.3 Å². The van der Waals surface area contributed by atoms with Crippen LogP contribution in [0.1, 0.15) is 37.1 Å². The summed E-state index contributed by atoms with van der Waals surface area (Å²) in [5, 5.41) is 14.1. The average molecular weight is 372 g/mol. The highest BCUT2D eigenvalue weighted by atomic mass is 35.5. The van der Waals surface area contributed by atoms with E-state index in [0.29, 0.717) is 21.2 Å². The van der Waals surface area contributed by atoms with Crippen LogP contribution < -0.4 is 16.6 Å². The number of nitrogens with zero attached hydrogens (tertiary/aromatic N) is 1. The molecule has 0 saturated heterocycles. The van der Waals surface area contributed by atoms with E-state index in [1.807, 2.05) is 13.8 Å². The monoisotopic (exact) mass is 371 g/mol. The number of benzene rings is 1. The van der Waals surface area contributed by atoms with E-state index in [2.05, 4.69) is 10.3 Å². The fraction of sp³-hybridized carbons (Fsp3) is 0.375. The molecule has 0 aliphatic rings. The maximum Gasteiger partial charge on any atom is 0.328 e. The molecule has 0 fully saturated rings. The van der Waals surface area contributed by atoms with Crippen LogP contribution in [-0.2, 0) is 6.54 Å². The van der Waals surface area contributed by atoms with Gasteiger partial charge in [-0.15, -0.1) is 0 Å². The first-order valence-electron chi connectivity index (χ1n) is 7.47. The molecule has 6 nitrogen and oxygen atoms in total. The van der Waals surface area contributed by atoms with Crippen LogP contribution in [0.3, 0.4) is 0 Å². The van der Waals surface area contributed by atoms with Gasteiger partial charge < -0.3 is 10.4 Å². The predicted octanol–water partition coefficient (Wildman–Crippen LogP) is 2.25. The zero-order valence-corrected chi connectivity index (χ0v) is 14.9. The number of hydrogen-bond donors (Lipinski definition) is 3. The summed E-state index contributed by atoms with van der Waals surface area (Å²) < 4.78 is 1.45. The number of aliphatic hydroxyl groups excluding tert-OH is 1. The minimum absolute atomic E-state index is 0.0634. The third kappa shape index (κ3) is 4.48. The highest BCUT2D eigenvalue weighted by Crippen LogP contribution is 2.25. The highest BCUT2D eigenvalue weighted by Gasteiger charge is 2.13. The Bertz CT molecular complexity index is 830. The third-order valence-electron chi connectivity index (χ3n) is 3.57. The Balaban J connectivity index is 2.05. The molecule has 0 radical (unpaired) electrons. The third-order valence-corrected chi connectivity index (χ3v) is 4.13. The number of rotatable bonds is 6. The van der Waals surface area contributed by atoms with Crippen molar-refractivity contribution in [2.24, 2.45) is 0 Å². The largest absolute Gasteiger partial charge is 0.387 e. The smallest absolute Gasteiger partial charge is 0.328 e. The minimum Gasteiger partial charge on any atom is -0.387 e. The summed E-state index contributed by atoms with van der Waals surface area (Å²) in [5.41, 5.74) is 0.0856. The Morgan fingerprint density at radius 3 is 2.62 bits per heavy atom. The molecule has 8 heteroatoms. The normalized spacial score (nSPS) is 12.6. The molecular weight excluding hydrogens is 353 g/mol. The van der Waals surface area contributed by atoms with Crippen LogP contribution in [0.4, 0.5) is 0 Å². The molecular formula is C16H19Cl2N3O3. The number of nitrogens with one attached hydrogen (secondary N) is 2. The van der Waals surface area contributed by atoms with E-state index < -0.39 is 17.4 Å². The predicted molar refractivity (Wildman–Crippen MR) is 94.8 cm³/mol. The van der Waals surface area contributed by atoms with Crippen molar-refractivity contribution in [1.29, 1.82) is 0 Å². The van der Waals surface area contributed by atoms with E-state index in [0.717, 1.165) is 0 Å². The summed E-state index contributed by atoms with van der Waals surface area (Å²) in [6.45, 7) is 4.11. The van der Waals surface area contributed by atoms with Gasteiger partial charge in [-0.2, -0.15) is 0 Å². The lowest BCUT2D eigenvalue weighted by Crippen LogP contribution is -2.34. The molecule has 130 valence electrons. The molecule has 0 bridgehead atoms. The molecule has 1 aromatic carbocycles. The molecule has 1 aromatic heterocycles. The van der Waals surface area contributed by atoms with Crippen LogP contribution in [0.25, 0.3) is 0 Å². The first-order chi connectivity index (χ1) is 11.3. The molecule has 0 spiro atoms. The second-order valence-corrected chi connectivity index (χ2v) is 6.57. The second kappa shape index (κ2) is 7.98. The fourth-order valence-corrected chi connectivity index (χ4v) is 2.80. The van der Waals surface area contributed by atoms with Crippen LogP contribution in [0.15, 0.2) is 34.0 Å². The summed E-state index contributed by atoms with van der Waals surface area (Å²) in [5.74, 6) is 0. The highest BCUT2D eigenvalue weighted by molar-refractivity contribution is 6.35. The van der Waals surface area contributed by atoms with Gasteiger partial charge in [0.1, 0.15) is 0 Å². The number of hydrogen-bond acceptors (Lipinski definition) is 4. The van der Waals surface area contributed by atoms with Crippen molar-refractivity contribution in [3.8, 4) is 0 Å². The van der Waals surface area contributed by atoms with E-state index in [4.69, 9.17) is 23.2 Å². The summed E-state index contributed by atoms with van der Waals surface area (Å²) in [6, 6.07) is 4.80. The van der Waals surface area contributed by atoms with E-state index in [1.165, 1.54) is 10.8 Å². The van der Waals surface area contributed by atoms with Gasteiger partial charge in [0, 0.05) is 46.5 Å². The van der Waals surface area contributed by atoms with E-state index in [9.17, 15) is 14.7 Å². The molecule has 2 aromatic rings. The van der Waals surface area contributed by atoms with Gasteiger partial charge in [0.2, 0.25) is 0 Å². The van der Waals surface area contributed by atoms with Crippen molar-refractivity contribution in [3.05, 3.63) is 66.4 Å². The topological polar surface area (TPSA) is 87.1 Å². The quantitative estimate of drug-likeness (QED) is 0.726. The Morgan fingerprint density at radius 2 is 2.00 bits per heavy atom. The van der Waals surface area contributed by atoms with Crippen molar-refractivity contribution in [3.63, 3.8) is 0 Å². The Morgan fingerprint density at radius 1 is 1.29 bits per heavy atom. The zero-order chi connectivity index (χ0) is 17.9. The number of aromatic nitrogens is 2. The van der Waals surface area contributed by atoms with Gasteiger partial charge in [-0.25, -0.2) is 4.79 Å². The van der Waals surface area contributed by atoms with Crippen LogP contribution >= 0.6 is 23.2 Å². The first kappa shape index (κ1) is 18.7. The molecule has 0 aliphatic carbocycles. The zero-order valence-electron chi connectivity index (χ0n) is 13.3. The van der Waals surface area contributed by atoms with Crippen molar-refractivity contribution in [2.75, 3.05) is 6.54 Å². The summed E-state index contributed by atoms with van der Waals surface area (Å²) in [4.78, 5) is 25.8. The van der Waals surface area contributed by atoms with Gasteiger partial charge in [0.05, 0.1) is 6.10 Å². The molecule has 0 saturated carbocycles. The summed E-state index contributed by atoms with van der Waals surface area (Å²) in [6.07, 6.45) is 0.686. The molecule has 3 N–H and O–H groups in total. The number of aliphatic hydroxyl groups is 1. The van der Waals surface area contributed by atoms with Crippen LogP contribution in [0.5, 0.6) is 0 Å². The van der Waals surface area contributed by atoms with Crippen LogP contribution in [0.2, 0.25) is 10.0 Å². The Hall–Kier alpha value is -1.60. The first-order valence-corrected chi connectivity index (χ1v) is 8.23. The number of halogens is 2. The number of aromatic amines is 1. The van der Waals surface area contributed by atoms with E-state index >= 15 is 0 Å². The van der Waals surface area contributed by atoms with Crippen molar-refractivity contribution in [2.45, 2.75) is 32.5 Å². The molecule has 1 heterocycles. The molecule has 24 heavy (non-hydrogen) atoms. The van der Waals surface area contributed by atoms with Gasteiger partial charge in [-0.05, 0) is 26.0 Å². The van der Waals surface area contributed by atoms with Gasteiger partial charge in [-0.3, -0.25) is 14.3 Å². The lowest BCUT2D eigenvalue weighted by atomic mass is 10.1. The van der Waals surface area contributed by atoms with Gasteiger partial charge in [0.15, 0.2) is 0 Å². The Kier molecular flexibility index (Phi) is 6.23. The fourth-order valence-electron chi connectivity index (χ4n) is 2.26. The maximum atomic E-state index is 11.8. The van der Waals surface area contributed by atoms with E-state index in [-0.39, 0.29) is 19.1 Å². The molecule has 0 amide bonds. The average Bonchev–Trinajstić information content (AvgIpc) is 2.48. The maximum absolute atomic E-state index is 11.8. The molecule has 2 rings (SSSR count). The summed E-state index contributed by atoms with van der Waals surface area (Å²) >= 11 is 11.9. The van der Waals surface area contributed by atoms with Crippen molar-refractivity contribution < 1.29 is 5.11 Å². The number of H-pyrrole nitrogens is 1. The van der Waals surface area contributed by atoms with Gasteiger partial charge >= 0.3 is 5.69 Å². The van der Waals surface area contributed by atoms with Crippen molar-refractivity contribution in [1.82, 2.24) is 14.9 Å². The molecule has 1 atom stereocenters. The summed E-state index contributed by atoms with van der Waals surface area (Å²) in [7, 11) is 0.